The Morgan fingerprint density at radius 1 is 1.24 bits per heavy atom. The number of ether oxygens (including phenoxy) is 1. The van der Waals surface area contributed by atoms with Crippen molar-refractivity contribution in [2.45, 2.75) is 20.4 Å². The van der Waals surface area contributed by atoms with Crippen molar-refractivity contribution in [3.63, 3.8) is 0 Å². The van der Waals surface area contributed by atoms with E-state index < -0.39 is 0 Å². The molecule has 25 heavy (non-hydrogen) atoms. The van der Waals surface area contributed by atoms with E-state index in [-0.39, 0.29) is 18.0 Å². The van der Waals surface area contributed by atoms with Gasteiger partial charge in [-0.25, -0.2) is 14.6 Å². The normalized spacial score (nSPS) is 14.4. The van der Waals surface area contributed by atoms with Crippen LogP contribution in [0.2, 0.25) is 0 Å². The van der Waals surface area contributed by atoms with Crippen LogP contribution in [0.1, 0.15) is 11.4 Å². The van der Waals surface area contributed by atoms with Crippen molar-refractivity contribution in [3.05, 3.63) is 40.1 Å². The lowest BCUT2D eigenvalue weighted by atomic mass is 10.2. The highest BCUT2D eigenvalue weighted by Gasteiger charge is 2.18. The summed E-state index contributed by atoms with van der Waals surface area (Å²) in [6.07, 6.45) is 1.46. The van der Waals surface area contributed by atoms with E-state index in [1.807, 2.05) is 13.8 Å². The molecule has 1 fully saturated rings. The predicted molar refractivity (Wildman–Crippen MR) is 91.7 cm³/mol. The highest BCUT2D eigenvalue weighted by atomic mass is 16.5. The van der Waals surface area contributed by atoms with E-state index in [1.165, 1.54) is 18.3 Å². The third kappa shape index (κ3) is 4.00. The molecule has 1 N–H and O–H groups in total. The van der Waals surface area contributed by atoms with E-state index >= 15 is 0 Å². The summed E-state index contributed by atoms with van der Waals surface area (Å²) in [6, 6.07) is 2.89. The van der Waals surface area contributed by atoms with Crippen molar-refractivity contribution in [3.8, 4) is 0 Å². The second-order valence-corrected chi connectivity index (χ2v) is 5.74. The lowest BCUT2D eigenvalue weighted by molar-refractivity contribution is -0.117. The fourth-order valence-corrected chi connectivity index (χ4v) is 2.61. The minimum absolute atomic E-state index is 0.163. The number of rotatable bonds is 4. The first kappa shape index (κ1) is 17.0. The Kier molecular flexibility index (Phi) is 5.03. The zero-order valence-corrected chi connectivity index (χ0v) is 14.2. The number of nitrogens with zero attached hydrogens (tertiary/aromatic N) is 5. The molecule has 0 spiro atoms. The summed E-state index contributed by atoms with van der Waals surface area (Å²) in [7, 11) is 0. The van der Waals surface area contributed by atoms with E-state index in [0.717, 1.165) is 17.8 Å². The summed E-state index contributed by atoms with van der Waals surface area (Å²) in [5, 5.41) is 6.65. The Hall–Kier alpha value is -2.81. The highest BCUT2D eigenvalue weighted by Crippen LogP contribution is 2.21. The van der Waals surface area contributed by atoms with Crippen LogP contribution in [0.25, 0.3) is 0 Å². The van der Waals surface area contributed by atoms with Crippen LogP contribution in [0.4, 0.5) is 11.6 Å². The number of aryl methyl sites for hydroxylation is 2. The summed E-state index contributed by atoms with van der Waals surface area (Å²) in [5.74, 6) is 0.284. The van der Waals surface area contributed by atoms with Crippen molar-refractivity contribution in [1.82, 2.24) is 19.7 Å². The monoisotopic (exact) mass is 344 g/mol. The largest absolute Gasteiger partial charge is 0.378 e. The van der Waals surface area contributed by atoms with Gasteiger partial charge in [-0.3, -0.25) is 9.59 Å². The SMILES string of the molecule is Cc1nc(N2CCOCC2)nc(C)c1NC(=O)Cn1ncccc1=O. The highest BCUT2D eigenvalue weighted by molar-refractivity contribution is 5.91. The van der Waals surface area contributed by atoms with E-state index in [4.69, 9.17) is 4.74 Å². The number of morpholine rings is 1. The molecule has 0 bridgehead atoms. The van der Waals surface area contributed by atoms with E-state index in [1.54, 1.807) is 0 Å². The first-order valence-corrected chi connectivity index (χ1v) is 8.04. The fraction of sp³-hybridized carbons (Fsp3) is 0.438. The molecule has 0 unspecified atom stereocenters. The van der Waals surface area contributed by atoms with Crippen molar-refractivity contribution in [1.29, 1.82) is 0 Å². The molecule has 2 aromatic rings. The van der Waals surface area contributed by atoms with Gasteiger partial charge in [-0.05, 0) is 19.9 Å². The number of hydrogen-bond donors (Lipinski definition) is 1. The number of nitrogens with one attached hydrogen (secondary N) is 1. The minimum atomic E-state index is -0.352. The average Bonchev–Trinajstić information content (AvgIpc) is 2.61. The number of carbonyl (C=O) groups excluding carboxylic acids is 1. The van der Waals surface area contributed by atoms with Crippen molar-refractivity contribution < 1.29 is 9.53 Å². The van der Waals surface area contributed by atoms with Gasteiger partial charge in [0.05, 0.1) is 30.3 Å². The first-order valence-electron chi connectivity index (χ1n) is 8.04. The maximum atomic E-state index is 12.2. The molecule has 0 aliphatic carbocycles. The summed E-state index contributed by atoms with van der Waals surface area (Å²) >= 11 is 0. The van der Waals surface area contributed by atoms with Crippen LogP contribution < -0.4 is 15.8 Å². The molecule has 3 heterocycles. The molecule has 2 aromatic heterocycles. The molecular weight excluding hydrogens is 324 g/mol. The second kappa shape index (κ2) is 7.39. The zero-order valence-electron chi connectivity index (χ0n) is 14.2. The maximum Gasteiger partial charge on any atom is 0.267 e. The van der Waals surface area contributed by atoms with Gasteiger partial charge in [0.15, 0.2) is 0 Å². The second-order valence-electron chi connectivity index (χ2n) is 5.74. The molecule has 132 valence electrons. The molecule has 0 atom stereocenters. The first-order chi connectivity index (χ1) is 12.0. The third-order valence-electron chi connectivity index (χ3n) is 3.90. The molecule has 9 heteroatoms. The smallest absolute Gasteiger partial charge is 0.267 e. The molecule has 3 rings (SSSR count). The van der Waals surface area contributed by atoms with Gasteiger partial charge in [0.25, 0.3) is 5.56 Å². The molecule has 1 aliphatic rings. The predicted octanol–water partition coefficient (Wildman–Crippen LogP) is 0.125. The van der Waals surface area contributed by atoms with Crippen molar-refractivity contribution in [2.24, 2.45) is 0 Å². The Morgan fingerprint density at radius 2 is 1.92 bits per heavy atom. The molecule has 9 nitrogen and oxygen atoms in total. The molecule has 0 radical (unpaired) electrons. The molecule has 1 saturated heterocycles. The fourth-order valence-electron chi connectivity index (χ4n) is 2.61. The summed E-state index contributed by atoms with van der Waals surface area (Å²) in [4.78, 5) is 34.9. The van der Waals surface area contributed by atoms with Crippen molar-refractivity contribution in [2.75, 3.05) is 36.5 Å². The number of carbonyl (C=O) groups is 1. The molecule has 0 saturated carbocycles. The van der Waals surface area contributed by atoms with Crippen LogP contribution >= 0.6 is 0 Å². The van der Waals surface area contributed by atoms with Gasteiger partial charge in [0.2, 0.25) is 11.9 Å². The number of aromatic nitrogens is 4. The van der Waals surface area contributed by atoms with Gasteiger partial charge >= 0.3 is 0 Å². The van der Waals surface area contributed by atoms with Gasteiger partial charge in [-0.2, -0.15) is 5.10 Å². The third-order valence-corrected chi connectivity index (χ3v) is 3.90. The van der Waals surface area contributed by atoms with Gasteiger partial charge in [0, 0.05) is 25.4 Å². The number of hydrogen-bond acceptors (Lipinski definition) is 7. The Morgan fingerprint density at radius 3 is 2.56 bits per heavy atom. The molecule has 0 aromatic carbocycles. The van der Waals surface area contributed by atoms with Crippen LogP contribution in [0.3, 0.4) is 0 Å². The zero-order chi connectivity index (χ0) is 17.8. The van der Waals surface area contributed by atoms with Gasteiger partial charge < -0.3 is 15.0 Å². The van der Waals surface area contributed by atoms with E-state index in [2.05, 4.69) is 25.3 Å². The summed E-state index contributed by atoms with van der Waals surface area (Å²) in [6.45, 7) is 6.27. The lowest BCUT2D eigenvalue weighted by Crippen LogP contribution is -2.37. The van der Waals surface area contributed by atoms with Gasteiger partial charge in [-0.15, -0.1) is 0 Å². The molecule has 1 aliphatic heterocycles. The Balaban J connectivity index is 1.75. The number of anilines is 2. The maximum absolute atomic E-state index is 12.2. The Bertz CT molecular complexity index is 806. The minimum Gasteiger partial charge on any atom is -0.378 e. The topological polar surface area (TPSA) is 102 Å². The van der Waals surface area contributed by atoms with Crippen LogP contribution in [-0.2, 0) is 16.1 Å². The standard InChI is InChI=1S/C16H20N6O3/c1-11-15(20-13(23)10-22-14(24)4-3-5-17-22)12(2)19-16(18-11)21-6-8-25-9-7-21/h3-5H,6-10H2,1-2H3,(H,20,23). The summed E-state index contributed by atoms with van der Waals surface area (Å²) in [5.41, 5.74) is 1.59. The Labute approximate surface area is 144 Å². The quantitative estimate of drug-likeness (QED) is 0.841. The van der Waals surface area contributed by atoms with Crippen LogP contribution in [-0.4, -0.2) is 52.0 Å². The van der Waals surface area contributed by atoms with Crippen molar-refractivity contribution >= 4 is 17.5 Å². The van der Waals surface area contributed by atoms with Gasteiger partial charge in [0.1, 0.15) is 6.54 Å². The lowest BCUT2D eigenvalue weighted by Gasteiger charge is -2.27. The summed E-state index contributed by atoms with van der Waals surface area (Å²) < 4.78 is 6.44. The van der Waals surface area contributed by atoms with Crippen LogP contribution in [0.15, 0.2) is 23.1 Å². The molecular formula is C16H20N6O3. The average molecular weight is 344 g/mol. The van der Waals surface area contributed by atoms with Crippen LogP contribution in [0, 0.1) is 13.8 Å². The van der Waals surface area contributed by atoms with E-state index in [0.29, 0.717) is 36.2 Å². The molecule has 1 amide bonds. The number of amides is 1. The van der Waals surface area contributed by atoms with Crippen LogP contribution in [0.5, 0.6) is 0 Å². The van der Waals surface area contributed by atoms with Gasteiger partial charge in [-0.1, -0.05) is 0 Å². The van der Waals surface area contributed by atoms with E-state index in [9.17, 15) is 9.59 Å².